The SMILES string of the molecule is COc1ccc(OC)c(NC(=O)/C(C#N)=C/c2cn[nH]c2-c2ccc(C)cc2)c1. The summed E-state index contributed by atoms with van der Waals surface area (Å²) >= 11 is 0. The van der Waals surface area contributed by atoms with Crippen LogP contribution in [0.25, 0.3) is 17.3 Å². The largest absolute Gasteiger partial charge is 0.497 e. The summed E-state index contributed by atoms with van der Waals surface area (Å²) in [7, 11) is 3.03. The Balaban J connectivity index is 1.90. The lowest BCUT2D eigenvalue weighted by Crippen LogP contribution is -2.14. The van der Waals surface area contributed by atoms with Crippen LogP contribution in [0.1, 0.15) is 11.1 Å². The summed E-state index contributed by atoms with van der Waals surface area (Å²) in [5, 5.41) is 19.2. The number of aromatic amines is 1. The number of nitrogens with zero attached hydrogens (tertiary/aromatic N) is 2. The van der Waals surface area contributed by atoms with Crippen molar-refractivity contribution in [1.82, 2.24) is 10.2 Å². The Kier molecular flexibility index (Phi) is 5.95. The molecule has 0 aliphatic rings. The fourth-order valence-electron chi connectivity index (χ4n) is 2.76. The lowest BCUT2D eigenvalue weighted by atomic mass is 10.0. The summed E-state index contributed by atoms with van der Waals surface area (Å²) in [5.41, 5.74) is 3.75. The summed E-state index contributed by atoms with van der Waals surface area (Å²) in [6.45, 7) is 2.00. The van der Waals surface area contributed by atoms with Crippen LogP contribution in [-0.2, 0) is 4.79 Å². The first-order valence-corrected chi connectivity index (χ1v) is 8.81. The molecule has 0 bridgehead atoms. The molecule has 7 heteroatoms. The lowest BCUT2D eigenvalue weighted by molar-refractivity contribution is -0.112. The van der Waals surface area contributed by atoms with Crippen molar-refractivity contribution in [3.8, 4) is 28.8 Å². The van der Waals surface area contributed by atoms with E-state index in [1.165, 1.54) is 20.3 Å². The van der Waals surface area contributed by atoms with Gasteiger partial charge in [0.15, 0.2) is 0 Å². The number of aryl methyl sites for hydroxylation is 1. The van der Waals surface area contributed by atoms with Crippen molar-refractivity contribution in [2.75, 3.05) is 19.5 Å². The predicted octanol–water partition coefficient (Wildman–Crippen LogP) is 3.95. The smallest absolute Gasteiger partial charge is 0.266 e. The molecule has 1 heterocycles. The van der Waals surface area contributed by atoms with Gasteiger partial charge in [-0.15, -0.1) is 0 Å². The van der Waals surface area contributed by atoms with E-state index in [-0.39, 0.29) is 5.57 Å². The first-order valence-electron chi connectivity index (χ1n) is 8.81. The average molecular weight is 388 g/mol. The maximum Gasteiger partial charge on any atom is 0.266 e. The van der Waals surface area contributed by atoms with Gasteiger partial charge in [-0.3, -0.25) is 9.89 Å². The number of carbonyl (C=O) groups is 1. The summed E-state index contributed by atoms with van der Waals surface area (Å²) in [4.78, 5) is 12.7. The van der Waals surface area contributed by atoms with E-state index in [2.05, 4.69) is 15.5 Å². The molecule has 0 radical (unpaired) electrons. The van der Waals surface area contributed by atoms with Crippen molar-refractivity contribution >= 4 is 17.7 Å². The number of amides is 1. The maximum atomic E-state index is 12.7. The van der Waals surface area contributed by atoms with E-state index in [1.54, 1.807) is 24.4 Å². The Morgan fingerprint density at radius 1 is 1.17 bits per heavy atom. The molecule has 2 N–H and O–H groups in total. The zero-order chi connectivity index (χ0) is 20.8. The molecule has 7 nitrogen and oxygen atoms in total. The van der Waals surface area contributed by atoms with E-state index in [0.29, 0.717) is 22.7 Å². The van der Waals surface area contributed by atoms with Gasteiger partial charge in [0.05, 0.1) is 31.8 Å². The summed E-state index contributed by atoms with van der Waals surface area (Å²) < 4.78 is 10.4. The number of aromatic nitrogens is 2. The molecule has 0 saturated carbocycles. The summed E-state index contributed by atoms with van der Waals surface area (Å²) in [6.07, 6.45) is 3.08. The predicted molar refractivity (Wildman–Crippen MR) is 111 cm³/mol. The van der Waals surface area contributed by atoms with Gasteiger partial charge in [0.1, 0.15) is 23.1 Å². The van der Waals surface area contributed by atoms with Gasteiger partial charge < -0.3 is 14.8 Å². The van der Waals surface area contributed by atoms with E-state index in [9.17, 15) is 10.1 Å². The van der Waals surface area contributed by atoms with Crippen LogP contribution in [0.5, 0.6) is 11.5 Å². The van der Waals surface area contributed by atoms with E-state index in [4.69, 9.17) is 9.47 Å². The van der Waals surface area contributed by atoms with E-state index in [0.717, 1.165) is 16.8 Å². The van der Waals surface area contributed by atoms with Crippen LogP contribution >= 0.6 is 0 Å². The van der Waals surface area contributed by atoms with E-state index < -0.39 is 5.91 Å². The third-order valence-corrected chi connectivity index (χ3v) is 4.33. The number of anilines is 1. The second-order valence-corrected chi connectivity index (χ2v) is 6.26. The highest BCUT2D eigenvalue weighted by atomic mass is 16.5. The van der Waals surface area contributed by atoms with Crippen LogP contribution in [-0.4, -0.2) is 30.3 Å². The van der Waals surface area contributed by atoms with Crippen LogP contribution in [0.3, 0.4) is 0 Å². The molecule has 0 aliphatic carbocycles. The number of hydrogen-bond acceptors (Lipinski definition) is 5. The minimum atomic E-state index is -0.560. The number of ether oxygens (including phenoxy) is 2. The zero-order valence-corrected chi connectivity index (χ0v) is 16.3. The molecule has 0 spiro atoms. The Morgan fingerprint density at radius 3 is 2.59 bits per heavy atom. The maximum absolute atomic E-state index is 12.7. The van der Waals surface area contributed by atoms with Crippen molar-refractivity contribution in [3.05, 3.63) is 65.4 Å². The summed E-state index contributed by atoms with van der Waals surface area (Å²) in [6, 6.07) is 14.8. The lowest BCUT2D eigenvalue weighted by Gasteiger charge is -2.11. The Morgan fingerprint density at radius 2 is 1.93 bits per heavy atom. The third kappa shape index (κ3) is 4.45. The Labute approximate surface area is 168 Å². The molecule has 1 amide bonds. The number of methoxy groups -OCH3 is 2. The highest BCUT2D eigenvalue weighted by Crippen LogP contribution is 2.29. The molecule has 3 rings (SSSR count). The highest BCUT2D eigenvalue weighted by molar-refractivity contribution is 6.10. The van der Waals surface area contributed by atoms with Gasteiger partial charge in [-0.2, -0.15) is 10.4 Å². The second-order valence-electron chi connectivity index (χ2n) is 6.26. The fourth-order valence-corrected chi connectivity index (χ4v) is 2.76. The second kappa shape index (κ2) is 8.76. The van der Waals surface area contributed by atoms with Crippen LogP contribution in [0.15, 0.2) is 54.2 Å². The molecule has 2 aromatic carbocycles. The molecule has 1 aromatic heterocycles. The molecular weight excluding hydrogens is 368 g/mol. The van der Waals surface area contributed by atoms with Crippen molar-refractivity contribution < 1.29 is 14.3 Å². The number of rotatable bonds is 6. The molecule has 0 unspecified atom stereocenters. The van der Waals surface area contributed by atoms with Gasteiger partial charge in [0.25, 0.3) is 5.91 Å². The monoisotopic (exact) mass is 388 g/mol. The topological polar surface area (TPSA) is 100 Å². The van der Waals surface area contributed by atoms with Crippen molar-refractivity contribution in [3.63, 3.8) is 0 Å². The molecular formula is C22H20N4O3. The van der Waals surface area contributed by atoms with Crippen LogP contribution in [0.2, 0.25) is 0 Å². The van der Waals surface area contributed by atoms with Crippen molar-refractivity contribution in [2.24, 2.45) is 0 Å². The van der Waals surface area contributed by atoms with Gasteiger partial charge in [-0.05, 0) is 25.1 Å². The fraction of sp³-hybridized carbons (Fsp3) is 0.136. The van der Waals surface area contributed by atoms with Crippen molar-refractivity contribution in [2.45, 2.75) is 6.92 Å². The number of benzene rings is 2. The molecule has 0 fully saturated rings. The van der Waals surface area contributed by atoms with Gasteiger partial charge >= 0.3 is 0 Å². The van der Waals surface area contributed by atoms with Gasteiger partial charge in [0, 0.05) is 17.2 Å². The normalized spacial score (nSPS) is 10.9. The Hall–Kier alpha value is -4.05. The van der Waals surface area contributed by atoms with E-state index >= 15 is 0 Å². The van der Waals surface area contributed by atoms with Crippen LogP contribution < -0.4 is 14.8 Å². The van der Waals surface area contributed by atoms with Crippen LogP contribution in [0.4, 0.5) is 5.69 Å². The number of nitrogens with one attached hydrogen (secondary N) is 2. The number of hydrogen-bond donors (Lipinski definition) is 2. The number of H-pyrrole nitrogens is 1. The van der Waals surface area contributed by atoms with Gasteiger partial charge in [0.2, 0.25) is 0 Å². The molecule has 146 valence electrons. The minimum Gasteiger partial charge on any atom is -0.497 e. The van der Waals surface area contributed by atoms with Crippen molar-refractivity contribution in [1.29, 1.82) is 5.26 Å². The molecule has 0 atom stereocenters. The molecule has 0 saturated heterocycles. The minimum absolute atomic E-state index is 0.0652. The van der Waals surface area contributed by atoms with Gasteiger partial charge in [-0.25, -0.2) is 0 Å². The number of nitriles is 1. The third-order valence-electron chi connectivity index (χ3n) is 4.33. The first-order chi connectivity index (χ1) is 14.0. The van der Waals surface area contributed by atoms with E-state index in [1.807, 2.05) is 37.3 Å². The van der Waals surface area contributed by atoms with Crippen LogP contribution in [0, 0.1) is 18.3 Å². The standard InChI is InChI=1S/C22H20N4O3/c1-14-4-6-15(7-5-14)21-17(13-24-26-21)10-16(12-23)22(27)25-19-11-18(28-2)8-9-20(19)29-3/h4-11,13H,1-3H3,(H,24,26)(H,25,27)/b16-10+. The average Bonchev–Trinajstić information content (AvgIpc) is 3.20. The zero-order valence-electron chi connectivity index (χ0n) is 16.3. The molecule has 3 aromatic rings. The van der Waals surface area contributed by atoms with Gasteiger partial charge in [-0.1, -0.05) is 29.8 Å². The summed E-state index contributed by atoms with van der Waals surface area (Å²) in [5.74, 6) is 0.454. The Bertz CT molecular complexity index is 1090. The first kappa shape index (κ1) is 19.7. The number of carbonyl (C=O) groups excluding carboxylic acids is 1. The quantitative estimate of drug-likeness (QED) is 0.492. The molecule has 29 heavy (non-hydrogen) atoms. The molecule has 0 aliphatic heterocycles. The highest BCUT2D eigenvalue weighted by Gasteiger charge is 2.15.